The first-order valence-corrected chi connectivity index (χ1v) is 15.5. The average Bonchev–Trinajstić information content (AvgIpc) is 3.63. The Hall–Kier alpha value is -4.64. The largest absolute Gasteiger partial charge is 0.483 e. The number of rotatable bonds is 6. The number of carbonyl (C=O) groups excluding carboxylic acids is 3. The van der Waals surface area contributed by atoms with Crippen LogP contribution in [-0.2, 0) is 18.0 Å². The van der Waals surface area contributed by atoms with Crippen molar-refractivity contribution in [3.05, 3.63) is 52.7 Å². The van der Waals surface area contributed by atoms with Gasteiger partial charge in [-0.05, 0) is 50.8 Å². The molecule has 1 saturated heterocycles. The van der Waals surface area contributed by atoms with Gasteiger partial charge in [-0.3, -0.25) is 19.1 Å². The molecule has 18 heteroatoms. The number of nitrogens with one attached hydrogen (secondary N) is 2. The number of benzene rings is 1. The molecule has 3 fully saturated rings. The van der Waals surface area contributed by atoms with E-state index in [-0.39, 0.29) is 69.4 Å². The van der Waals surface area contributed by atoms with Crippen LogP contribution in [0.3, 0.4) is 0 Å². The second-order valence-electron chi connectivity index (χ2n) is 12.4. The molecule has 0 spiro atoms. The van der Waals surface area contributed by atoms with Crippen LogP contribution in [0.5, 0.6) is 0 Å². The second kappa shape index (κ2) is 13.5. The number of anilines is 1. The van der Waals surface area contributed by atoms with E-state index in [9.17, 15) is 27.6 Å². The van der Waals surface area contributed by atoms with Gasteiger partial charge in [0.2, 0.25) is 0 Å². The number of carboxylic acid groups (broad SMARTS) is 1. The van der Waals surface area contributed by atoms with Crippen molar-refractivity contribution in [1.82, 2.24) is 34.4 Å². The quantitative estimate of drug-likeness (QED) is 0.283. The Labute approximate surface area is 278 Å². The summed E-state index contributed by atoms with van der Waals surface area (Å²) in [6, 6.07) is 4.25. The summed E-state index contributed by atoms with van der Waals surface area (Å²) in [5.41, 5.74) is 5.19. The Morgan fingerprint density at radius 2 is 1.75 bits per heavy atom. The third-order valence-electron chi connectivity index (χ3n) is 8.45. The van der Waals surface area contributed by atoms with Crippen molar-refractivity contribution in [2.24, 2.45) is 12.8 Å². The first-order valence-electron chi connectivity index (χ1n) is 15.1. The van der Waals surface area contributed by atoms with E-state index < -0.39 is 17.8 Å². The highest BCUT2D eigenvalue weighted by molar-refractivity contribution is 6.34. The van der Waals surface area contributed by atoms with Crippen molar-refractivity contribution in [3.63, 3.8) is 0 Å². The summed E-state index contributed by atoms with van der Waals surface area (Å²) in [5, 5.41) is 16.4. The minimum absolute atomic E-state index is 0.0590. The van der Waals surface area contributed by atoms with Crippen LogP contribution in [0.2, 0.25) is 5.02 Å². The van der Waals surface area contributed by atoms with Gasteiger partial charge < -0.3 is 35.8 Å². The molecule has 3 aliphatic rings. The standard InChI is InChI=1S/C29H33ClF3N9O3.CH2O2/c1-28(34)12-17(13-28)37-27(45)41-9-7-40(8-10-41)26(44)19-6-3-16(11-21(19)30)36-25(43)24-35-14-22(39(24)2)20-15-42(18-4-5-18)38-23(20)29(31,32)33;2-1-3/h3,6,11,14-15,17-18H,4-5,7-10,12-13,34H2,1-2H3,(H,36,43)(H,37,45);1H,(H,2,3). The van der Waals surface area contributed by atoms with Gasteiger partial charge in [-0.1, -0.05) is 11.6 Å². The number of amides is 4. The van der Waals surface area contributed by atoms with E-state index >= 15 is 0 Å². The lowest BCUT2D eigenvalue weighted by molar-refractivity contribution is -0.141. The van der Waals surface area contributed by atoms with Gasteiger partial charge in [-0.25, -0.2) is 9.78 Å². The van der Waals surface area contributed by atoms with E-state index in [2.05, 4.69) is 20.7 Å². The molecule has 1 aromatic carbocycles. The lowest BCUT2D eigenvalue weighted by Crippen LogP contribution is -2.61. The summed E-state index contributed by atoms with van der Waals surface area (Å²) in [6.07, 6.45) is 0.846. The Morgan fingerprint density at radius 3 is 2.31 bits per heavy atom. The first kappa shape index (κ1) is 34.7. The van der Waals surface area contributed by atoms with Crippen LogP contribution in [-0.4, -0.2) is 96.3 Å². The fourth-order valence-electron chi connectivity index (χ4n) is 5.86. The molecular formula is C30H35ClF3N9O5. The summed E-state index contributed by atoms with van der Waals surface area (Å²) in [4.78, 5) is 54.6. The fraction of sp³-hybridized carbons (Fsp3) is 0.467. The lowest BCUT2D eigenvalue weighted by Gasteiger charge is -2.43. The number of alkyl halides is 3. The summed E-state index contributed by atoms with van der Waals surface area (Å²) >= 11 is 6.44. The van der Waals surface area contributed by atoms with Gasteiger partial charge in [0.05, 0.1) is 34.1 Å². The molecule has 14 nitrogen and oxygen atoms in total. The molecule has 2 aliphatic carbocycles. The number of piperazine rings is 1. The fourth-order valence-corrected chi connectivity index (χ4v) is 6.12. The molecule has 2 saturated carbocycles. The van der Waals surface area contributed by atoms with E-state index in [4.69, 9.17) is 27.2 Å². The first-order chi connectivity index (χ1) is 22.6. The summed E-state index contributed by atoms with van der Waals surface area (Å²) < 4.78 is 43.8. The number of hydrogen-bond donors (Lipinski definition) is 4. The minimum atomic E-state index is -4.68. The Kier molecular flexibility index (Phi) is 9.73. The van der Waals surface area contributed by atoms with E-state index in [0.29, 0.717) is 26.2 Å². The third kappa shape index (κ3) is 7.57. The minimum Gasteiger partial charge on any atom is -0.483 e. The van der Waals surface area contributed by atoms with Gasteiger partial charge in [0, 0.05) is 56.7 Å². The van der Waals surface area contributed by atoms with Crippen LogP contribution >= 0.6 is 11.6 Å². The van der Waals surface area contributed by atoms with Gasteiger partial charge in [-0.2, -0.15) is 18.3 Å². The third-order valence-corrected chi connectivity index (χ3v) is 8.77. The summed E-state index contributed by atoms with van der Waals surface area (Å²) in [5.74, 6) is -1.10. The molecule has 258 valence electrons. The van der Waals surface area contributed by atoms with Crippen LogP contribution < -0.4 is 16.4 Å². The smallest absolute Gasteiger partial charge is 0.435 e. The van der Waals surface area contributed by atoms with E-state index in [1.165, 1.54) is 46.9 Å². The number of nitrogens with zero attached hydrogens (tertiary/aromatic N) is 6. The molecule has 4 amide bonds. The molecule has 48 heavy (non-hydrogen) atoms. The van der Waals surface area contributed by atoms with Crippen LogP contribution in [0.1, 0.15) is 65.3 Å². The zero-order valence-corrected chi connectivity index (χ0v) is 26.9. The monoisotopic (exact) mass is 693 g/mol. The molecule has 3 aromatic rings. The van der Waals surface area contributed by atoms with Crippen LogP contribution in [0.4, 0.5) is 23.7 Å². The van der Waals surface area contributed by atoms with Crippen LogP contribution in [0.15, 0.2) is 30.6 Å². The topological polar surface area (TPSA) is 181 Å². The van der Waals surface area contributed by atoms with Crippen molar-refractivity contribution < 1.29 is 37.5 Å². The Balaban J connectivity index is 0.00000145. The molecule has 6 rings (SSSR count). The molecule has 1 aliphatic heterocycles. The van der Waals surface area contributed by atoms with Crippen LogP contribution in [0, 0.1) is 0 Å². The van der Waals surface area contributed by atoms with Gasteiger partial charge >= 0.3 is 12.2 Å². The van der Waals surface area contributed by atoms with Crippen molar-refractivity contribution in [2.75, 3.05) is 31.5 Å². The molecule has 0 bridgehead atoms. The molecule has 0 unspecified atom stereocenters. The number of halogens is 4. The zero-order valence-electron chi connectivity index (χ0n) is 26.1. The van der Waals surface area contributed by atoms with E-state index in [1.807, 2.05) is 6.92 Å². The maximum Gasteiger partial charge on any atom is 0.435 e. The average molecular weight is 694 g/mol. The molecule has 0 radical (unpaired) electrons. The van der Waals surface area contributed by atoms with Crippen LogP contribution in [0.25, 0.3) is 11.3 Å². The van der Waals surface area contributed by atoms with E-state index in [0.717, 1.165) is 25.7 Å². The molecule has 3 heterocycles. The van der Waals surface area contributed by atoms with E-state index in [1.54, 1.807) is 9.80 Å². The van der Waals surface area contributed by atoms with Crippen molar-refractivity contribution in [3.8, 4) is 11.3 Å². The normalized spacial score (nSPS) is 20.7. The molecule has 5 N–H and O–H groups in total. The Morgan fingerprint density at radius 1 is 1.12 bits per heavy atom. The van der Waals surface area contributed by atoms with Gasteiger partial charge in [-0.15, -0.1) is 0 Å². The zero-order chi connectivity index (χ0) is 35.0. The number of nitrogens with two attached hydrogens (primary N) is 1. The molecular weight excluding hydrogens is 659 g/mol. The highest BCUT2D eigenvalue weighted by Crippen LogP contribution is 2.41. The van der Waals surface area contributed by atoms with Gasteiger partial charge in [0.1, 0.15) is 0 Å². The predicted molar refractivity (Wildman–Crippen MR) is 167 cm³/mol. The van der Waals surface area contributed by atoms with Gasteiger partial charge in [0.25, 0.3) is 18.3 Å². The lowest BCUT2D eigenvalue weighted by atomic mass is 9.75. The number of carbonyl (C=O) groups is 4. The van der Waals surface area contributed by atoms with Crippen molar-refractivity contribution in [1.29, 1.82) is 0 Å². The number of imidazole rings is 1. The number of urea groups is 1. The van der Waals surface area contributed by atoms with Gasteiger partial charge in [0.15, 0.2) is 11.5 Å². The SMILES string of the molecule is Cn1c(-c2cn(C3CC3)nc2C(F)(F)F)cnc1C(=O)Nc1ccc(C(=O)N2CCN(C(=O)NC3CC(C)(N)C3)CC2)c(Cl)c1.O=CO. The highest BCUT2D eigenvalue weighted by Gasteiger charge is 2.41. The number of hydrogen-bond acceptors (Lipinski definition) is 7. The summed E-state index contributed by atoms with van der Waals surface area (Å²) in [7, 11) is 1.45. The summed E-state index contributed by atoms with van der Waals surface area (Å²) in [6.45, 7) is 3.10. The van der Waals surface area contributed by atoms with Crippen molar-refractivity contribution >= 4 is 41.6 Å². The second-order valence-corrected chi connectivity index (χ2v) is 12.8. The predicted octanol–water partition coefficient (Wildman–Crippen LogP) is 3.59. The highest BCUT2D eigenvalue weighted by atomic mass is 35.5. The molecule has 2 aromatic heterocycles. The number of aromatic nitrogens is 4. The maximum absolute atomic E-state index is 13.7. The maximum atomic E-state index is 13.7. The van der Waals surface area contributed by atoms with Crippen molar-refractivity contribution in [2.45, 2.75) is 56.4 Å². The molecule has 0 atom stereocenters. The Bertz CT molecular complexity index is 1700.